The van der Waals surface area contributed by atoms with Gasteiger partial charge in [-0.2, -0.15) is 0 Å². The average Bonchev–Trinajstić information content (AvgIpc) is 2.43. The first-order chi connectivity index (χ1) is 9.71. The minimum Gasteiger partial charge on any atom is -0.383 e. The smallest absolute Gasteiger partial charge is 0.312 e. The third kappa shape index (κ3) is 3.92. The summed E-state index contributed by atoms with van der Waals surface area (Å²) in [6.07, 6.45) is 0.690. The molecule has 0 spiro atoms. The largest absolute Gasteiger partial charge is 0.383 e. The Kier molecular flexibility index (Phi) is 5.68. The highest BCUT2D eigenvalue weighted by Crippen LogP contribution is 2.33. The summed E-state index contributed by atoms with van der Waals surface area (Å²) in [5.41, 5.74) is -0.241. The molecule has 0 aliphatic carbocycles. The first-order valence-electron chi connectivity index (χ1n) is 6.63. The summed E-state index contributed by atoms with van der Waals surface area (Å²) in [6, 6.07) is 4.23. The second-order valence-electron chi connectivity index (χ2n) is 5.17. The molecule has 21 heavy (non-hydrogen) atoms. The number of sulfonamides is 1. The molecule has 1 aromatic rings. The average molecular weight is 315 g/mol. The molecule has 0 heterocycles. The Morgan fingerprint density at radius 2 is 2.00 bits per heavy atom. The Bertz CT molecular complexity index is 614. The normalized spacial score (nSPS) is 11.9. The zero-order chi connectivity index (χ0) is 16.2. The number of rotatable bonds is 7. The molecule has 0 bridgehead atoms. The van der Waals surface area contributed by atoms with Gasteiger partial charge < -0.3 is 5.32 Å². The fourth-order valence-corrected chi connectivity index (χ4v) is 3.21. The lowest BCUT2D eigenvalue weighted by molar-refractivity contribution is -0.386. The maximum atomic E-state index is 12.5. The molecule has 118 valence electrons. The number of nitrogens with zero attached hydrogens (tertiary/aromatic N) is 2. The second-order valence-corrected chi connectivity index (χ2v) is 7.18. The molecule has 0 atom stereocenters. The van der Waals surface area contributed by atoms with Gasteiger partial charge in [-0.15, -0.1) is 0 Å². The van der Waals surface area contributed by atoms with Crippen molar-refractivity contribution in [3.05, 3.63) is 28.3 Å². The number of hydrogen-bond acceptors (Lipinski definition) is 5. The number of benzene rings is 1. The van der Waals surface area contributed by atoms with E-state index in [1.807, 2.05) is 13.8 Å². The van der Waals surface area contributed by atoms with E-state index in [9.17, 15) is 18.5 Å². The molecule has 1 N–H and O–H groups in total. The zero-order valence-corrected chi connectivity index (χ0v) is 13.5. The van der Waals surface area contributed by atoms with E-state index >= 15 is 0 Å². The Labute approximate surface area is 125 Å². The van der Waals surface area contributed by atoms with Crippen LogP contribution in [0, 0.1) is 16.0 Å². The number of para-hydroxylation sites is 1. The van der Waals surface area contributed by atoms with E-state index in [-0.39, 0.29) is 10.6 Å². The van der Waals surface area contributed by atoms with Gasteiger partial charge in [-0.1, -0.05) is 19.9 Å². The molecule has 0 aliphatic rings. The molecule has 7 nitrogen and oxygen atoms in total. The Morgan fingerprint density at radius 3 is 2.48 bits per heavy atom. The number of nitro benzene ring substituents is 1. The maximum Gasteiger partial charge on any atom is 0.312 e. The van der Waals surface area contributed by atoms with Crippen LogP contribution < -0.4 is 5.32 Å². The van der Waals surface area contributed by atoms with Crippen LogP contribution in [0.25, 0.3) is 0 Å². The van der Waals surface area contributed by atoms with E-state index in [0.29, 0.717) is 18.9 Å². The van der Waals surface area contributed by atoms with E-state index in [0.717, 1.165) is 4.31 Å². The minimum absolute atomic E-state index is 0.179. The van der Waals surface area contributed by atoms with E-state index in [1.54, 1.807) is 0 Å². The Hall–Kier alpha value is -1.67. The zero-order valence-electron chi connectivity index (χ0n) is 12.7. The van der Waals surface area contributed by atoms with Gasteiger partial charge in [0.25, 0.3) is 0 Å². The Balaban J connectivity index is 3.28. The van der Waals surface area contributed by atoms with Gasteiger partial charge in [-0.3, -0.25) is 10.1 Å². The van der Waals surface area contributed by atoms with Gasteiger partial charge in [0.1, 0.15) is 5.69 Å². The summed E-state index contributed by atoms with van der Waals surface area (Å²) in [4.78, 5) is 10.3. The van der Waals surface area contributed by atoms with Crippen LogP contribution in [-0.2, 0) is 10.0 Å². The first-order valence-corrected chi connectivity index (χ1v) is 8.07. The Morgan fingerprint density at radius 1 is 1.38 bits per heavy atom. The second kappa shape index (κ2) is 6.86. The summed E-state index contributed by atoms with van der Waals surface area (Å²) in [5, 5.41) is 13.9. The molecular weight excluding hydrogens is 294 g/mol. The van der Waals surface area contributed by atoms with Gasteiger partial charge in [0.05, 0.1) is 4.92 Å². The van der Waals surface area contributed by atoms with Crippen molar-refractivity contribution in [3.63, 3.8) is 0 Å². The third-order valence-corrected chi connectivity index (χ3v) is 5.05. The van der Waals surface area contributed by atoms with Crippen LogP contribution in [0.4, 0.5) is 11.4 Å². The van der Waals surface area contributed by atoms with Crippen LogP contribution in [0.5, 0.6) is 0 Å². The quantitative estimate of drug-likeness (QED) is 0.615. The molecule has 0 amide bonds. The van der Waals surface area contributed by atoms with Gasteiger partial charge in [0.2, 0.25) is 10.0 Å². The summed E-state index contributed by atoms with van der Waals surface area (Å²) in [6.45, 7) is 4.30. The lowest BCUT2D eigenvalue weighted by Crippen LogP contribution is -2.29. The maximum absolute atomic E-state index is 12.5. The molecule has 0 fully saturated rings. The first kappa shape index (κ1) is 17.4. The predicted octanol–water partition coefficient (Wildman–Crippen LogP) is 2.30. The van der Waals surface area contributed by atoms with Crippen molar-refractivity contribution in [2.45, 2.75) is 25.2 Å². The lowest BCUT2D eigenvalue weighted by atomic mass is 10.1. The molecule has 0 aromatic heterocycles. The van der Waals surface area contributed by atoms with Crippen LogP contribution in [0.3, 0.4) is 0 Å². The SMILES string of the molecule is CNc1cccc(S(=O)(=O)N(C)CCC(C)C)c1[N+](=O)[O-]. The van der Waals surface area contributed by atoms with Crippen molar-refractivity contribution in [1.82, 2.24) is 4.31 Å². The summed E-state index contributed by atoms with van der Waals surface area (Å²) in [5.74, 6) is 0.348. The molecule has 0 aliphatic heterocycles. The minimum atomic E-state index is -3.89. The fraction of sp³-hybridized carbons (Fsp3) is 0.538. The predicted molar refractivity (Wildman–Crippen MR) is 81.9 cm³/mol. The van der Waals surface area contributed by atoms with Crippen molar-refractivity contribution in [3.8, 4) is 0 Å². The molecule has 8 heteroatoms. The van der Waals surface area contributed by atoms with Crippen molar-refractivity contribution < 1.29 is 13.3 Å². The van der Waals surface area contributed by atoms with Gasteiger partial charge in [-0.05, 0) is 24.5 Å². The van der Waals surface area contributed by atoms with Gasteiger partial charge in [0.15, 0.2) is 4.90 Å². The van der Waals surface area contributed by atoms with Gasteiger partial charge in [0, 0.05) is 20.6 Å². The third-order valence-electron chi connectivity index (χ3n) is 3.16. The van der Waals surface area contributed by atoms with Crippen LogP contribution in [-0.4, -0.2) is 38.3 Å². The van der Waals surface area contributed by atoms with Crippen molar-refractivity contribution in [1.29, 1.82) is 0 Å². The van der Waals surface area contributed by atoms with E-state index in [2.05, 4.69) is 5.32 Å². The van der Waals surface area contributed by atoms with E-state index < -0.39 is 20.6 Å². The number of nitrogens with one attached hydrogen (secondary N) is 1. The van der Waals surface area contributed by atoms with Gasteiger partial charge >= 0.3 is 5.69 Å². The van der Waals surface area contributed by atoms with E-state index in [4.69, 9.17) is 0 Å². The van der Waals surface area contributed by atoms with Crippen molar-refractivity contribution in [2.24, 2.45) is 5.92 Å². The highest BCUT2D eigenvalue weighted by molar-refractivity contribution is 7.89. The molecule has 1 rings (SSSR count). The van der Waals surface area contributed by atoms with Gasteiger partial charge in [-0.25, -0.2) is 12.7 Å². The topological polar surface area (TPSA) is 92.6 Å². The lowest BCUT2D eigenvalue weighted by Gasteiger charge is -2.18. The molecule has 0 radical (unpaired) electrons. The molecule has 1 aromatic carbocycles. The van der Waals surface area contributed by atoms with Crippen molar-refractivity contribution >= 4 is 21.4 Å². The molecule has 0 unspecified atom stereocenters. The van der Waals surface area contributed by atoms with Crippen LogP contribution in [0.1, 0.15) is 20.3 Å². The molecule has 0 saturated carbocycles. The number of nitro groups is 1. The number of anilines is 1. The standard InChI is InChI=1S/C13H21N3O4S/c1-10(2)8-9-15(4)21(19,20)12-7-5-6-11(14-3)13(12)16(17)18/h5-7,10,14H,8-9H2,1-4H3. The van der Waals surface area contributed by atoms with Crippen LogP contribution in [0.15, 0.2) is 23.1 Å². The fourth-order valence-electron chi connectivity index (χ4n) is 1.85. The summed E-state index contributed by atoms with van der Waals surface area (Å²) < 4.78 is 26.2. The van der Waals surface area contributed by atoms with Crippen LogP contribution >= 0.6 is 0 Å². The highest BCUT2D eigenvalue weighted by atomic mass is 32.2. The van der Waals surface area contributed by atoms with Crippen molar-refractivity contribution in [2.75, 3.05) is 26.0 Å². The highest BCUT2D eigenvalue weighted by Gasteiger charge is 2.31. The molecular formula is C13H21N3O4S. The van der Waals surface area contributed by atoms with Crippen LogP contribution in [0.2, 0.25) is 0 Å². The molecule has 0 saturated heterocycles. The summed E-state index contributed by atoms with van der Waals surface area (Å²) in [7, 11) is -0.938. The van der Waals surface area contributed by atoms with E-state index in [1.165, 1.54) is 32.3 Å². The number of hydrogen-bond donors (Lipinski definition) is 1. The monoisotopic (exact) mass is 315 g/mol. The summed E-state index contributed by atoms with van der Waals surface area (Å²) >= 11 is 0.